The molecule has 2 bridgehead atoms. The lowest BCUT2D eigenvalue weighted by Crippen LogP contribution is -2.48. The molecule has 2 fully saturated rings. The van der Waals surface area contributed by atoms with E-state index >= 15 is 0 Å². The third-order valence-electron chi connectivity index (χ3n) is 5.49. The Balaban J connectivity index is 1.19. The number of ether oxygens (including phenoxy) is 2. The Morgan fingerprint density at radius 1 is 1.15 bits per heavy atom. The summed E-state index contributed by atoms with van der Waals surface area (Å²) in [4.78, 5) is 27.6. The number of piperidine rings is 1. The number of benzene rings is 1. The molecule has 8 heteroatoms. The molecule has 27 heavy (non-hydrogen) atoms. The van der Waals surface area contributed by atoms with Crippen LogP contribution in [0.25, 0.3) is 0 Å². The number of likely N-dealkylation sites (tertiary alicyclic amines) is 1. The molecule has 0 spiro atoms. The quantitative estimate of drug-likeness (QED) is 0.851. The van der Waals surface area contributed by atoms with E-state index in [0.29, 0.717) is 29.6 Å². The Bertz CT molecular complexity index is 885. The van der Waals surface area contributed by atoms with Crippen LogP contribution in [0.1, 0.15) is 22.5 Å². The molecule has 0 radical (unpaired) electrons. The maximum absolute atomic E-state index is 12.7. The van der Waals surface area contributed by atoms with Crippen molar-refractivity contribution < 1.29 is 19.1 Å². The van der Waals surface area contributed by atoms with Crippen molar-refractivity contribution >= 4 is 29.0 Å². The topological polar surface area (TPSA) is 79.9 Å². The van der Waals surface area contributed by atoms with Gasteiger partial charge in [-0.15, -0.1) is 11.3 Å². The van der Waals surface area contributed by atoms with Crippen LogP contribution in [0, 0.1) is 5.92 Å². The van der Waals surface area contributed by atoms with Gasteiger partial charge in [-0.05, 0) is 42.3 Å². The molecule has 2 N–H and O–H groups in total. The number of nitrogens with one attached hydrogen (secondary N) is 2. The minimum absolute atomic E-state index is 0.0149. The molecule has 5 rings (SSSR count). The number of amides is 3. The van der Waals surface area contributed by atoms with E-state index in [1.165, 1.54) is 11.3 Å². The van der Waals surface area contributed by atoms with Crippen LogP contribution in [0.5, 0.6) is 11.5 Å². The van der Waals surface area contributed by atoms with Crippen molar-refractivity contribution in [2.75, 3.05) is 18.7 Å². The first kappa shape index (κ1) is 16.4. The Morgan fingerprint density at radius 3 is 2.81 bits per heavy atom. The predicted molar refractivity (Wildman–Crippen MR) is 100 cm³/mol. The summed E-state index contributed by atoms with van der Waals surface area (Å²) in [5, 5.41) is 7.98. The normalized spacial score (nSPS) is 24.9. The lowest BCUT2D eigenvalue weighted by Gasteiger charge is -2.32. The zero-order valence-electron chi connectivity index (χ0n) is 14.5. The third-order valence-corrected chi connectivity index (χ3v) is 6.36. The van der Waals surface area contributed by atoms with Gasteiger partial charge < -0.3 is 25.0 Å². The number of rotatable bonds is 3. The van der Waals surface area contributed by atoms with Crippen molar-refractivity contribution in [3.05, 3.63) is 40.6 Å². The highest BCUT2D eigenvalue weighted by Gasteiger charge is 2.47. The zero-order valence-corrected chi connectivity index (χ0v) is 15.3. The van der Waals surface area contributed by atoms with Gasteiger partial charge in [0.15, 0.2) is 11.5 Å². The van der Waals surface area contributed by atoms with Crippen LogP contribution in [0.3, 0.4) is 0 Å². The summed E-state index contributed by atoms with van der Waals surface area (Å²) in [6.07, 6.45) is 1.74. The second-order valence-electron chi connectivity index (χ2n) is 7.09. The second kappa shape index (κ2) is 6.45. The van der Waals surface area contributed by atoms with Crippen LogP contribution >= 0.6 is 11.3 Å². The lowest BCUT2D eigenvalue weighted by atomic mass is 10.0. The lowest BCUT2D eigenvalue weighted by molar-refractivity contribution is 0.0919. The standard InChI is InChI=1S/C19H19N3O4S/c23-18(17-2-1-5-27-17)21-14-8-13-6-11(14)9-22(13)19(24)20-12-3-4-15-16(7-12)26-10-25-15/h1-5,7,11,13-14H,6,8-10H2,(H,20,24)(H,21,23)/t11-,13-,14-/m0/s1. The summed E-state index contributed by atoms with van der Waals surface area (Å²) in [5.74, 6) is 1.63. The molecule has 1 aromatic carbocycles. The first-order valence-electron chi connectivity index (χ1n) is 8.99. The van der Waals surface area contributed by atoms with E-state index in [-0.39, 0.29) is 30.8 Å². The SMILES string of the molecule is O=C(N[C@H]1C[C@@H]2C[C@H]1CN2C(=O)Nc1ccc2c(c1)OCO2)c1cccs1. The van der Waals surface area contributed by atoms with Gasteiger partial charge in [-0.3, -0.25) is 4.79 Å². The number of thiophene rings is 1. The van der Waals surface area contributed by atoms with Gasteiger partial charge in [0, 0.05) is 30.4 Å². The number of urea groups is 1. The van der Waals surface area contributed by atoms with Crippen molar-refractivity contribution in [3.8, 4) is 11.5 Å². The van der Waals surface area contributed by atoms with Crippen LogP contribution in [-0.4, -0.2) is 42.3 Å². The molecule has 1 aromatic heterocycles. The number of anilines is 1. The van der Waals surface area contributed by atoms with Gasteiger partial charge in [0.05, 0.1) is 4.88 Å². The van der Waals surface area contributed by atoms with E-state index in [4.69, 9.17) is 9.47 Å². The Morgan fingerprint density at radius 2 is 2.04 bits per heavy atom. The summed E-state index contributed by atoms with van der Waals surface area (Å²) in [5.41, 5.74) is 0.689. The van der Waals surface area contributed by atoms with Crippen molar-refractivity contribution in [2.45, 2.75) is 24.9 Å². The Hall–Kier alpha value is -2.74. The largest absolute Gasteiger partial charge is 0.454 e. The van der Waals surface area contributed by atoms with Crippen molar-refractivity contribution in [3.63, 3.8) is 0 Å². The number of carbonyl (C=O) groups excluding carboxylic acids is 2. The van der Waals surface area contributed by atoms with Gasteiger partial charge in [-0.2, -0.15) is 0 Å². The van der Waals surface area contributed by atoms with E-state index in [9.17, 15) is 9.59 Å². The molecule has 2 aromatic rings. The summed E-state index contributed by atoms with van der Waals surface area (Å²) in [7, 11) is 0. The van der Waals surface area contributed by atoms with Gasteiger partial charge in [-0.1, -0.05) is 6.07 Å². The highest BCUT2D eigenvalue weighted by Crippen LogP contribution is 2.39. The molecule has 1 saturated heterocycles. The minimum atomic E-state index is -0.107. The highest BCUT2D eigenvalue weighted by atomic mass is 32.1. The molecule has 3 atom stereocenters. The van der Waals surface area contributed by atoms with Crippen LogP contribution in [0.4, 0.5) is 10.5 Å². The van der Waals surface area contributed by atoms with Crippen molar-refractivity contribution in [1.29, 1.82) is 0 Å². The second-order valence-corrected chi connectivity index (χ2v) is 8.04. The molecule has 3 amide bonds. The zero-order chi connectivity index (χ0) is 18.4. The number of hydrogen-bond donors (Lipinski definition) is 2. The summed E-state index contributed by atoms with van der Waals surface area (Å²) in [6.45, 7) is 0.873. The van der Waals surface area contributed by atoms with Gasteiger partial charge in [0.25, 0.3) is 5.91 Å². The fourth-order valence-corrected chi connectivity index (χ4v) is 4.82. The van der Waals surface area contributed by atoms with Crippen LogP contribution in [0.15, 0.2) is 35.7 Å². The van der Waals surface area contributed by atoms with Crippen LogP contribution < -0.4 is 20.1 Å². The molecule has 3 heterocycles. The number of hydrogen-bond acceptors (Lipinski definition) is 5. The Kier molecular flexibility index (Phi) is 3.93. The average Bonchev–Trinajstić information content (AvgIpc) is 3.43. The molecule has 7 nitrogen and oxygen atoms in total. The Labute approximate surface area is 160 Å². The highest BCUT2D eigenvalue weighted by molar-refractivity contribution is 7.12. The van der Waals surface area contributed by atoms with E-state index < -0.39 is 0 Å². The minimum Gasteiger partial charge on any atom is -0.454 e. The molecular weight excluding hydrogens is 366 g/mol. The molecule has 140 valence electrons. The summed E-state index contributed by atoms with van der Waals surface area (Å²) in [6, 6.07) is 9.29. The molecule has 2 aliphatic heterocycles. The fourth-order valence-electron chi connectivity index (χ4n) is 4.20. The van der Waals surface area contributed by atoms with Gasteiger partial charge in [0.2, 0.25) is 6.79 Å². The van der Waals surface area contributed by atoms with E-state index in [0.717, 1.165) is 17.7 Å². The smallest absolute Gasteiger partial charge is 0.322 e. The predicted octanol–water partition coefficient (Wildman–Crippen LogP) is 2.90. The number of nitrogens with zero attached hydrogens (tertiary/aromatic N) is 1. The first-order valence-corrected chi connectivity index (χ1v) is 9.87. The van der Waals surface area contributed by atoms with Crippen LogP contribution in [-0.2, 0) is 0 Å². The van der Waals surface area contributed by atoms with E-state index in [2.05, 4.69) is 10.6 Å². The molecular formula is C19H19N3O4S. The first-order chi connectivity index (χ1) is 13.2. The van der Waals surface area contributed by atoms with Crippen molar-refractivity contribution in [2.24, 2.45) is 5.92 Å². The van der Waals surface area contributed by atoms with Gasteiger partial charge in [-0.25, -0.2) is 4.79 Å². The maximum Gasteiger partial charge on any atom is 0.322 e. The average molecular weight is 385 g/mol. The number of carbonyl (C=O) groups is 2. The fraction of sp³-hybridized carbons (Fsp3) is 0.368. The monoisotopic (exact) mass is 385 g/mol. The summed E-state index contributed by atoms with van der Waals surface area (Å²) < 4.78 is 10.6. The third kappa shape index (κ3) is 2.99. The number of fused-ring (bicyclic) bond motifs is 3. The van der Waals surface area contributed by atoms with E-state index in [1.54, 1.807) is 12.1 Å². The van der Waals surface area contributed by atoms with Crippen LogP contribution in [0.2, 0.25) is 0 Å². The molecule has 1 saturated carbocycles. The molecule has 0 unspecified atom stereocenters. The van der Waals surface area contributed by atoms with Gasteiger partial charge in [0.1, 0.15) is 0 Å². The van der Waals surface area contributed by atoms with Crippen molar-refractivity contribution in [1.82, 2.24) is 10.2 Å². The van der Waals surface area contributed by atoms with E-state index in [1.807, 2.05) is 28.5 Å². The van der Waals surface area contributed by atoms with Gasteiger partial charge >= 0.3 is 6.03 Å². The molecule has 3 aliphatic rings. The summed E-state index contributed by atoms with van der Waals surface area (Å²) >= 11 is 1.44. The molecule has 1 aliphatic carbocycles. The maximum atomic E-state index is 12.7.